The SMILES string of the molecule is Cc1cc(C)c(-c2[nH]c(=S)ncc2C)c(C)c1. The number of aryl methyl sites for hydroxylation is 4. The second-order valence-electron chi connectivity index (χ2n) is 4.52. The zero-order chi connectivity index (χ0) is 12.6. The number of hydrogen-bond acceptors (Lipinski definition) is 2. The molecule has 1 aromatic carbocycles. The lowest BCUT2D eigenvalue weighted by atomic mass is 9.95. The summed E-state index contributed by atoms with van der Waals surface area (Å²) in [6.07, 6.45) is 1.83. The molecule has 17 heavy (non-hydrogen) atoms. The van der Waals surface area contributed by atoms with Crippen LogP contribution in [0.15, 0.2) is 18.3 Å². The van der Waals surface area contributed by atoms with Crippen LogP contribution in [-0.2, 0) is 0 Å². The normalized spacial score (nSPS) is 10.6. The van der Waals surface area contributed by atoms with Gasteiger partial charge in [0.2, 0.25) is 0 Å². The van der Waals surface area contributed by atoms with E-state index in [9.17, 15) is 0 Å². The Morgan fingerprint density at radius 2 is 1.59 bits per heavy atom. The van der Waals surface area contributed by atoms with E-state index in [-0.39, 0.29) is 0 Å². The van der Waals surface area contributed by atoms with Gasteiger partial charge in [-0.15, -0.1) is 0 Å². The number of H-pyrrole nitrogens is 1. The van der Waals surface area contributed by atoms with Crippen molar-refractivity contribution in [2.45, 2.75) is 27.7 Å². The fourth-order valence-corrected chi connectivity index (χ4v) is 2.45. The number of aromatic nitrogens is 2. The summed E-state index contributed by atoms with van der Waals surface area (Å²) in [5, 5.41) is 0. The van der Waals surface area contributed by atoms with E-state index in [0.29, 0.717) is 4.77 Å². The molecule has 0 radical (unpaired) electrons. The number of nitrogens with zero attached hydrogens (tertiary/aromatic N) is 1. The Hall–Kier alpha value is -1.48. The monoisotopic (exact) mass is 244 g/mol. The highest BCUT2D eigenvalue weighted by Crippen LogP contribution is 2.28. The van der Waals surface area contributed by atoms with Gasteiger partial charge in [0.25, 0.3) is 0 Å². The predicted molar refractivity (Wildman–Crippen MR) is 73.8 cm³/mol. The molecule has 88 valence electrons. The van der Waals surface area contributed by atoms with Gasteiger partial charge in [-0.25, -0.2) is 4.98 Å². The number of nitrogens with one attached hydrogen (secondary N) is 1. The Labute approximate surface area is 107 Å². The van der Waals surface area contributed by atoms with Crippen molar-refractivity contribution in [1.29, 1.82) is 0 Å². The minimum absolute atomic E-state index is 0.532. The molecule has 0 amide bonds. The molecule has 2 rings (SSSR count). The van der Waals surface area contributed by atoms with Gasteiger partial charge in [0.15, 0.2) is 4.77 Å². The Bertz CT molecular complexity index is 603. The van der Waals surface area contributed by atoms with Gasteiger partial charge < -0.3 is 4.98 Å². The standard InChI is InChI=1S/C14H16N2S/c1-8-5-9(2)12(10(3)6-8)13-11(4)7-15-14(17)16-13/h5-7H,1-4H3,(H,15,16,17). The van der Waals surface area contributed by atoms with E-state index in [1.54, 1.807) is 0 Å². The molecule has 0 atom stereocenters. The molecule has 0 aliphatic carbocycles. The van der Waals surface area contributed by atoms with E-state index in [1.807, 2.05) is 13.1 Å². The zero-order valence-electron chi connectivity index (χ0n) is 10.6. The van der Waals surface area contributed by atoms with Crippen LogP contribution >= 0.6 is 12.2 Å². The van der Waals surface area contributed by atoms with Crippen LogP contribution in [0.2, 0.25) is 0 Å². The number of benzene rings is 1. The summed E-state index contributed by atoms with van der Waals surface area (Å²) in [4.78, 5) is 7.30. The summed E-state index contributed by atoms with van der Waals surface area (Å²) in [5.74, 6) is 0. The van der Waals surface area contributed by atoms with Crippen LogP contribution in [0, 0.1) is 32.5 Å². The van der Waals surface area contributed by atoms with Gasteiger partial charge in [-0.2, -0.15) is 0 Å². The predicted octanol–water partition coefficient (Wildman–Crippen LogP) is 4.04. The van der Waals surface area contributed by atoms with Crippen LogP contribution < -0.4 is 0 Å². The average Bonchev–Trinajstić information content (AvgIpc) is 2.21. The lowest BCUT2D eigenvalue weighted by molar-refractivity contribution is 1.10. The minimum atomic E-state index is 0.532. The first kappa shape index (κ1) is 12.0. The summed E-state index contributed by atoms with van der Waals surface area (Å²) >= 11 is 5.10. The second-order valence-corrected chi connectivity index (χ2v) is 4.91. The quantitative estimate of drug-likeness (QED) is 0.767. The third-order valence-electron chi connectivity index (χ3n) is 2.93. The Kier molecular flexibility index (Phi) is 3.11. The van der Waals surface area contributed by atoms with Gasteiger partial charge in [0, 0.05) is 11.8 Å². The first-order chi connectivity index (χ1) is 7.99. The molecule has 3 heteroatoms. The third-order valence-corrected chi connectivity index (χ3v) is 3.14. The Morgan fingerprint density at radius 1 is 1.00 bits per heavy atom. The lowest BCUT2D eigenvalue weighted by Crippen LogP contribution is -1.96. The van der Waals surface area contributed by atoms with Crippen molar-refractivity contribution >= 4 is 12.2 Å². The van der Waals surface area contributed by atoms with Crippen molar-refractivity contribution in [1.82, 2.24) is 9.97 Å². The first-order valence-electron chi connectivity index (χ1n) is 5.63. The van der Waals surface area contributed by atoms with E-state index in [1.165, 1.54) is 22.3 Å². The molecular formula is C14H16N2S. The average molecular weight is 244 g/mol. The van der Waals surface area contributed by atoms with Crippen molar-refractivity contribution < 1.29 is 0 Å². The lowest BCUT2D eigenvalue weighted by Gasteiger charge is -2.13. The number of rotatable bonds is 1. The van der Waals surface area contributed by atoms with Crippen LogP contribution in [0.5, 0.6) is 0 Å². The molecule has 1 aromatic heterocycles. The molecule has 1 heterocycles. The molecule has 0 fully saturated rings. The molecule has 1 N–H and O–H groups in total. The highest BCUT2D eigenvalue weighted by Gasteiger charge is 2.09. The van der Waals surface area contributed by atoms with Crippen molar-refractivity contribution in [3.8, 4) is 11.3 Å². The van der Waals surface area contributed by atoms with Crippen molar-refractivity contribution in [2.24, 2.45) is 0 Å². The maximum absolute atomic E-state index is 5.10. The van der Waals surface area contributed by atoms with Crippen LogP contribution in [0.3, 0.4) is 0 Å². The molecule has 0 saturated heterocycles. The molecule has 0 aliphatic heterocycles. The number of aromatic amines is 1. The van der Waals surface area contributed by atoms with Gasteiger partial charge in [-0.3, -0.25) is 0 Å². The molecule has 0 spiro atoms. The van der Waals surface area contributed by atoms with Gasteiger partial charge >= 0.3 is 0 Å². The molecule has 0 unspecified atom stereocenters. The molecule has 0 bridgehead atoms. The van der Waals surface area contributed by atoms with E-state index >= 15 is 0 Å². The summed E-state index contributed by atoms with van der Waals surface area (Å²) in [6, 6.07) is 4.39. The van der Waals surface area contributed by atoms with Gasteiger partial charge in [0.05, 0.1) is 5.69 Å². The highest BCUT2D eigenvalue weighted by molar-refractivity contribution is 7.71. The van der Waals surface area contributed by atoms with Gasteiger partial charge in [-0.05, 0) is 56.6 Å². The van der Waals surface area contributed by atoms with Gasteiger partial charge in [-0.1, -0.05) is 17.7 Å². The maximum atomic E-state index is 5.10. The smallest absolute Gasteiger partial charge is 0.197 e. The summed E-state index contributed by atoms with van der Waals surface area (Å²) < 4.78 is 0.532. The second kappa shape index (κ2) is 4.41. The molecule has 2 aromatic rings. The largest absolute Gasteiger partial charge is 0.330 e. The van der Waals surface area contributed by atoms with Crippen molar-refractivity contribution in [3.63, 3.8) is 0 Å². The minimum Gasteiger partial charge on any atom is -0.330 e. The maximum Gasteiger partial charge on any atom is 0.197 e. The van der Waals surface area contributed by atoms with Crippen molar-refractivity contribution in [2.75, 3.05) is 0 Å². The van der Waals surface area contributed by atoms with Crippen LogP contribution in [-0.4, -0.2) is 9.97 Å². The van der Waals surface area contributed by atoms with E-state index in [0.717, 1.165) is 11.3 Å². The summed E-state index contributed by atoms with van der Waals surface area (Å²) in [5.41, 5.74) is 7.26. The van der Waals surface area contributed by atoms with E-state index < -0.39 is 0 Å². The van der Waals surface area contributed by atoms with Crippen LogP contribution in [0.25, 0.3) is 11.3 Å². The summed E-state index contributed by atoms with van der Waals surface area (Å²) in [7, 11) is 0. The zero-order valence-corrected chi connectivity index (χ0v) is 11.4. The number of hydrogen-bond donors (Lipinski definition) is 1. The molecule has 0 aliphatic rings. The molecular weight excluding hydrogens is 228 g/mol. The van der Waals surface area contributed by atoms with E-state index in [2.05, 4.69) is 42.9 Å². The van der Waals surface area contributed by atoms with Crippen molar-refractivity contribution in [3.05, 3.63) is 45.4 Å². The topological polar surface area (TPSA) is 28.7 Å². The first-order valence-corrected chi connectivity index (χ1v) is 6.04. The molecule has 0 saturated carbocycles. The fraction of sp³-hybridized carbons (Fsp3) is 0.286. The van der Waals surface area contributed by atoms with Crippen LogP contribution in [0.1, 0.15) is 22.3 Å². The third kappa shape index (κ3) is 2.29. The van der Waals surface area contributed by atoms with E-state index in [4.69, 9.17) is 12.2 Å². The molecule has 2 nitrogen and oxygen atoms in total. The Morgan fingerprint density at radius 3 is 2.18 bits per heavy atom. The Balaban J connectivity index is 2.77. The van der Waals surface area contributed by atoms with Crippen LogP contribution in [0.4, 0.5) is 0 Å². The fourth-order valence-electron chi connectivity index (χ4n) is 2.29. The highest BCUT2D eigenvalue weighted by atomic mass is 32.1. The summed E-state index contributed by atoms with van der Waals surface area (Å²) in [6.45, 7) is 8.43. The van der Waals surface area contributed by atoms with Gasteiger partial charge in [0.1, 0.15) is 0 Å².